The van der Waals surface area contributed by atoms with Gasteiger partial charge in [-0.3, -0.25) is 4.18 Å². The molecule has 0 aliphatic heterocycles. The third-order valence-electron chi connectivity index (χ3n) is 2.34. The molecule has 0 spiro atoms. The summed E-state index contributed by atoms with van der Waals surface area (Å²) in [5.41, 5.74) is -0.281. The molecule has 0 radical (unpaired) electrons. The third-order valence-corrected chi connectivity index (χ3v) is 2.94. The van der Waals surface area contributed by atoms with Crippen molar-refractivity contribution in [3.8, 4) is 0 Å². The Morgan fingerprint density at radius 1 is 1.17 bits per heavy atom. The van der Waals surface area contributed by atoms with Crippen LogP contribution < -0.4 is 0 Å². The first-order chi connectivity index (χ1) is 8.04. The molecular formula is C11H23NO5S. The standard InChI is InChI=1S/C11H23NO5S/c1-11(2,3)12(4)10(13)16-8-6-7-9-17-18(5,14)15/h6-9H2,1-5H3. The zero-order valence-corrected chi connectivity index (χ0v) is 12.5. The zero-order chi connectivity index (χ0) is 14.4. The molecule has 0 aromatic carbocycles. The number of nitrogens with zero attached hydrogens (tertiary/aromatic N) is 1. The van der Waals surface area contributed by atoms with Gasteiger partial charge in [0.15, 0.2) is 0 Å². The van der Waals surface area contributed by atoms with Crippen LogP contribution in [0.5, 0.6) is 0 Å². The van der Waals surface area contributed by atoms with E-state index in [4.69, 9.17) is 4.74 Å². The van der Waals surface area contributed by atoms with E-state index in [1.165, 1.54) is 4.90 Å². The van der Waals surface area contributed by atoms with Crippen LogP contribution in [-0.2, 0) is 19.0 Å². The number of hydrogen-bond donors (Lipinski definition) is 0. The van der Waals surface area contributed by atoms with Gasteiger partial charge < -0.3 is 9.64 Å². The first-order valence-corrected chi connectivity index (χ1v) is 7.60. The lowest BCUT2D eigenvalue weighted by Gasteiger charge is -2.30. The number of amides is 1. The Balaban J connectivity index is 3.71. The smallest absolute Gasteiger partial charge is 0.409 e. The molecule has 0 rings (SSSR count). The average Bonchev–Trinajstić information content (AvgIpc) is 2.18. The number of carbonyl (C=O) groups excluding carboxylic acids is 1. The summed E-state index contributed by atoms with van der Waals surface area (Å²) in [5, 5.41) is 0. The molecular weight excluding hydrogens is 258 g/mol. The van der Waals surface area contributed by atoms with Crippen molar-refractivity contribution >= 4 is 16.2 Å². The highest BCUT2D eigenvalue weighted by Gasteiger charge is 2.23. The van der Waals surface area contributed by atoms with Crippen molar-refractivity contribution in [2.45, 2.75) is 39.2 Å². The third kappa shape index (κ3) is 8.30. The second-order valence-corrected chi connectivity index (χ2v) is 6.72. The molecule has 18 heavy (non-hydrogen) atoms. The Bertz CT molecular complexity index is 358. The van der Waals surface area contributed by atoms with Crippen LogP contribution in [0.2, 0.25) is 0 Å². The van der Waals surface area contributed by atoms with Gasteiger partial charge in [0.05, 0.1) is 19.5 Å². The van der Waals surface area contributed by atoms with E-state index in [2.05, 4.69) is 4.18 Å². The van der Waals surface area contributed by atoms with Crippen LogP contribution in [0, 0.1) is 0 Å². The maximum Gasteiger partial charge on any atom is 0.409 e. The molecule has 0 bridgehead atoms. The first-order valence-electron chi connectivity index (χ1n) is 5.79. The lowest BCUT2D eigenvalue weighted by molar-refractivity contribution is 0.0791. The van der Waals surface area contributed by atoms with E-state index in [1.807, 2.05) is 20.8 Å². The molecule has 0 heterocycles. The van der Waals surface area contributed by atoms with Crippen LogP contribution in [0.4, 0.5) is 4.79 Å². The highest BCUT2D eigenvalue weighted by Crippen LogP contribution is 2.11. The second kappa shape index (κ2) is 6.94. The Morgan fingerprint density at radius 2 is 1.67 bits per heavy atom. The molecule has 0 atom stereocenters. The quantitative estimate of drug-likeness (QED) is 0.546. The highest BCUT2D eigenvalue weighted by molar-refractivity contribution is 7.85. The van der Waals surface area contributed by atoms with E-state index in [9.17, 15) is 13.2 Å². The summed E-state index contributed by atoms with van der Waals surface area (Å²) < 4.78 is 30.9. The van der Waals surface area contributed by atoms with E-state index in [1.54, 1.807) is 7.05 Å². The fourth-order valence-corrected chi connectivity index (χ4v) is 1.37. The molecule has 0 saturated heterocycles. The second-order valence-electron chi connectivity index (χ2n) is 5.08. The van der Waals surface area contributed by atoms with Crippen molar-refractivity contribution in [3.63, 3.8) is 0 Å². The summed E-state index contributed by atoms with van der Waals surface area (Å²) in [4.78, 5) is 13.1. The van der Waals surface area contributed by atoms with Gasteiger partial charge in [0, 0.05) is 12.6 Å². The topological polar surface area (TPSA) is 72.9 Å². The van der Waals surface area contributed by atoms with Crippen LogP contribution in [-0.4, -0.2) is 51.5 Å². The van der Waals surface area contributed by atoms with Gasteiger partial charge in [0.1, 0.15) is 0 Å². The summed E-state index contributed by atoms with van der Waals surface area (Å²) >= 11 is 0. The van der Waals surface area contributed by atoms with Crippen LogP contribution in [0.15, 0.2) is 0 Å². The van der Waals surface area contributed by atoms with Gasteiger partial charge in [-0.2, -0.15) is 8.42 Å². The Hall–Kier alpha value is -0.820. The number of carbonyl (C=O) groups is 1. The van der Waals surface area contributed by atoms with Crippen molar-refractivity contribution in [1.82, 2.24) is 4.90 Å². The minimum atomic E-state index is -3.38. The summed E-state index contributed by atoms with van der Waals surface area (Å²) in [6, 6.07) is 0. The van der Waals surface area contributed by atoms with Crippen LogP contribution in [0.25, 0.3) is 0 Å². The number of unbranched alkanes of at least 4 members (excludes halogenated alkanes) is 1. The molecule has 6 nitrogen and oxygen atoms in total. The Labute approximate surface area is 109 Å². The van der Waals surface area contributed by atoms with E-state index in [0.717, 1.165) is 6.26 Å². The number of rotatable bonds is 6. The lowest BCUT2D eigenvalue weighted by atomic mass is 10.1. The van der Waals surface area contributed by atoms with Crippen molar-refractivity contribution in [2.75, 3.05) is 26.5 Å². The molecule has 0 saturated carbocycles. The van der Waals surface area contributed by atoms with E-state index >= 15 is 0 Å². The number of ether oxygens (including phenoxy) is 1. The van der Waals surface area contributed by atoms with Crippen molar-refractivity contribution < 1.29 is 22.1 Å². The van der Waals surface area contributed by atoms with Gasteiger partial charge in [0.2, 0.25) is 0 Å². The molecule has 0 N–H and O–H groups in total. The summed E-state index contributed by atoms with van der Waals surface area (Å²) in [6.45, 7) is 6.11. The monoisotopic (exact) mass is 281 g/mol. The molecule has 0 fully saturated rings. The fourth-order valence-electron chi connectivity index (χ4n) is 0.945. The SMILES string of the molecule is CN(C(=O)OCCCCOS(C)(=O)=O)C(C)(C)C. The summed E-state index contributed by atoms with van der Waals surface area (Å²) in [6.07, 6.45) is 1.72. The van der Waals surface area contributed by atoms with Crippen molar-refractivity contribution in [1.29, 1.82) is 0 Å². The molecule has 7 heteroatoms. The number of hydrogen-bond acceptors (Lipinski definition) is 5. The zero-order valence-electron chi connectivity index (χ0n) is 11.7. The Morgan fingerprint density at radius 3 is 2.11 bits per heavy atom. The normalized spacial score (nSPS) is 12.3. The predicted molar refractivity (Wildman–Crippen MR) is 68.9 cm³/mol. The van der Waals surface area contributed by atoms with E-state index in [0.29, 0.717) is 12.8 Å². The van der Waals surface area contributed by atoms with Gasteiger partial charge >= 0.3 is 6.09 Å². The molecule has 0 aromatic heterocycles. The minimum Gasteiger partial charge on any atom is -0.449 e. The molecule has 108 valence electrons. The van der Waals surface area contributed by atoms with E-state index < -0.39 is 10.1 Å². The van der Waals surface area contributed by atoms with Crippen LogP contribution in [0.1, 0.15) is 33.6 Å². The average molecular weight is 281 g/mol. The molecule has 0 aromatic rings. The van der Waals surface area contributed by atoms with Crippen LogP contribution >= 0.6 is 0 Å². The molecule has 0 unspecified atom stereocenters. The van der Waals surface area contributed by atoms with Gasteiger partial charge in [-0.1, -0.05) is 0 Å². The Kier molecular flexibility index (Phi) is 6.62. The fraction of sp³-hybridized carbons (Fsp3) is 0.909. The molecule has 1 amide bonds. The summed E-state index contributed by atoms with van der Waals surface area (Å²) in [7, 11) is -1.70. The lowest BCUT2D eigenvalue weighted by Crippen LogP contribution is -2.42. The van der Waals surface area contributed by atoms with Gasteiger partial charge in [0.25, 0.3) is 10.1 Å². The van der Waals surface area contributed by atoms with Gasteiger partial charge in [-0.05, 0) is 33.6 Å². The van der Waals surface area contributed by atoms with Crippen LogP contribution in [0.3, 0.4) is 0 Å². The molecule has 0 aliphatic rings. The minimum absolute atomic E-state index is 0.117. The first kappa shape index (κ1) is 17.2. The molecule has 0 aliphatic carbocycles. The maximum absolute atomic E-state index is 11.6. The van der Waals surface area contributed by atoms with Gasteiger partial charge in [-0.25, -0.2) is 4.79 Å². The van der Waals surface area contributed by atoms with Crippen molar-refractivity contribution in [2.24, 2.45) is 0 Å². The highest BCUT2D eigenvalue weighted by atomic mass is 32.2. The van der Waals surface area contributed by atoms with E-state index in [-0.39, 0.29) is 24.8 Å². The summed E-state index contributed by atoms with van der Waals surface area (Å²) in [5.74, 6) is 0. The van der Waals surface area contributed by atoms with Gasteiger partial charge in [-0.15, -0.1) is 0 Å². The van der Waals surface area contributed by atoms with Crippen molar-refractivity contribution in [3.05, 3.63) is 0 Å². The predicted octanol–water partition coefficient (Wildman–Crippen LogP) is 1.61. The largest absolute Gasteiger partial charge is 0.449 e. The maximum atomic E-state index is 11.6.